The Hall–Kier alpha value is -1.64. The molecule has 1 N–H and O–H groups in total. The van der Waals surface area contributed by atoms with Crippen LogP contribution in [0, 0.1) is 0 Å². The number of ether oxygens (including phenoxy) is 1. The number of hydrogen-bond donors (Lipinski definition) is 1. The zero-order valence-electron chi connectivity index (χ0n) is 16.9. The molecule has 1 heterocycles. The molecule has 1 saturated carbocycles. The Balaban J connectivity index is 1.63. The summed E-state index contributed by atoms with van der Waals surface area (Å²) in [5.74, 6) is -0.163. The highest BCUT2D eigenvalue weighted by Crippen LogP contribution is 2.43. The fourth-order valence-electron chi connectivity index (χ4n) is 4.37. The van der Waals surface area contributed by atoms with Crippen molar-refractivity contribution in [2.24, 2.45) is 0 Å². The maximum absolute atomic E-state index is 13.4. The van der Waals surface area contributed by atoms with Gasteiger partial charge in [-0.15, -0.1) is 0 Å². The number of morpholine rings is 1. The van der Waals surface area contributed by atoms with Crippen LogP contribution in [-0.2, 0) is 25.0 Å². The summed E-state index contributed by atoms with van der Waals surface area (Å²) in [6.07, 6.45) is 3.31. The largest absolute Gasteiger partial charge is 0.379 e. The minimum atomic E-state index is -3.79. The first-order valence-corrected chi connectivity index (χ1v) is 12.5. The Labute approximate surface area is 192 Å². The first kappa shape index (κ1) is 22.6. The summed E-state index contributed by atoms with van der Waals surface area (Å²) in [7, 11) is -3.79. The van der Waals surface area contributed by atoms with Gasteiger partial charge in [0.1, 0.15) is 4.90 Å². The molecule has 1 aliphatic heterocycles. The molecular weight excluding hydrogens is 459 g/mol. The number of sulfonamides is 1. The van der Waals surface area contributed by atoms with Gasteiger partial charge in [-0.1, -0.05) is 48.2 Å². The SMILES string of the molecule is O=C(Nc1ccc(Cl)c(S(=O)(=O)N2CCOCC2)c1)C1(c2cccc(Cl)c2)CCCC1. The van der Waals surface area contributed by atoms with E-state index in [1.54, 1.807) is 12.1 Å². The van der Waals surface area contributed by atoms with Crippen molar-refractivity contribution in [3.63, 3.8) is 0 Å². The first-order chi connectivity index (χ1) is 14.8. The minimum absolute atomic E-state index is 0.0166. The zero-order chi connectivity index (χ0) is 22.1. The standard InChI is InChI=1S/C22H24Cl2N2O4S/c23-17-5-3-4-16(14-17)22(8-1-2-9-22)21(27)25-18-6-7-19(24)20(15-18)31(28,29)26-10-12-30-13-11-26/h3-7,14-15H,1-2,8-13H2,(H,25,27). The molecule has 0 spiro atoms. The van der Waals surface area contributed by atoms with Gasteiger partial charge in [-0.05, 0) is 48.7 Å². The van der Waals surface area contributed by atoms with Crippen LogP contribution in [0.25, 0.3) is 0 Å². The second-order valence-corrected chi connectivity index (χ2v) is 10.7. The van der Waals surface area contributed by atoms with Crippen molar-refractivity contribution >= 4 is 44.8 Å². The lowest BCUT2D eigenvalue weighted by Gasteiger charge is -2.29. The highest BCUT2D eigenvalue weighted by atomic mass is 35.5. The molecule has 0 bridgehead atoms. The van der Waals surface area contributed by atoms with Crippen LogP contribution in [0.3, 0.4) is 0 Å². The summed E-state index contributed by atoms with van der Waals surface area (Å²) in [6, 6.07) is 12.0. The van der Waals surface area contributed by atoms with Crippen molar-refractivity contribution in [3.05, 3.63) is 58.1 Å². The molecule has 166 valence electrons. The Kier molecular flexibility index (Phi) is 6.60. The summed E-state index contributed by atoms with van der Waals surface area (Å²) in [5, 5.41) is 3.64. The van der Waals surface area contributed by atoms with Gasteiger partial charge in [0.05, 0.1) is 23.7 Å². The van der Waals surface area contributed by atoms with Crippen molar-refractivity contribution in [1.29, 1.82) is 0 Å². The van der Waals surface area contributed by atoms with E-state index in [2.05, 4.69) is 5.32 Å². The van der Waals surface area contributed by atoms with Gasteiger partial charge < -0.3 is 10.1 Å². The van der Waals surface area contributed by atoms with Crippen LogP contribution in [0.2, 0.25) is 10.0 Å². The summed E-state index contributed by atoms with van der Waals surface area (Å²) < 4.78 is 32.8. The third kappa shape index (κ3) is 4.47. The third-order valence-electron chi connectivity index (χ3n) is 6.05. The number of nitrogens with zero attached hydrogens (tertiary/aromatic N) is 1. The smallest absolute Gasteiger partial charge is 0.244 e. The molecule has 0 aromatic heterocycles. The fraction of sp³-hybridized carbons (Fsp3) is 0.409. The number of carbonyl (C=O) groups excluding carboxylic acids is 1. The van der Waals surface area contributed by atoms with Crippen molar-refractivity contribution in [1.82, 2.24) is 4.31 Å². The third-order valence-corrected chi connectivity index (χ3v) is 8.66. The average Bonchev–Trinajstić information content (AvgIpc) is 3.27. The number of benzene rings is 2. The molecule has 1 aliphatic carbocycles. The Morgan fingerprint density at radius 2 is 1.74 bits per heavy atom. The normalized spacial score (nSPS) is 19.3. The molecule has 0 unspecified atom stereocenters. The van der Waals surface area contributed by atoms with Crippen LogP contribution >= 0.6 is 23.2 Å². The Morgan fingerprint density at radius 3 is 2.42 bits per heavy atom. The van der Waals surface area contributed by atoms with Gasteiger partial charge in [-0.25, -0.2) is 8.42 Å². The van der Waals surface area contributed by atoms with Crippen LogP contribution in [0.1, 0.15) is 31.2 Å². The van der Waals surface area contributed by atoms with Gasteiger partial charge in [0.15, 0.2) is 0 Å². The molecule has 1 saturated heterocycles. The van der Waals surface area contributed by atoms with Crippen LogP contribution in [0.15, 0.2) is 47.4 Å². The molecule has 0 radical (unpaired) electrons. The predicted molar refractivity (Wildman–Crippen MR) is 121 cm³/mol. The Morgan fingerprint density at radius 1 is 1.03 bits per heavy atom. The van der Waals surface area contributed by atoms with E-state index in [1.807, 2.05) is 18.2 Å². The number of hydrogen-bond acceptors (Lipinski definition) is 4. The van der Waals surface area contributed by atoms with Crippen molar-refractivity contribution in [2.45, 2.75) is 36.0 Å². The lowest BCUT2D eigenvalue weighted by Crippen LogP contribution is -2.40. The quantitative estimate of drug-likeness (QED) is 0.681. The molecule has 31 heavy (non-hydrogen) atoms. The van der Waals surface area contributed by atoms with E-state index >= 15 is 0 Å². The fourth-order valence-corrected chi connectivity index (χ4v) is 6.47. The number of anilines is 1. The number of nitrogens with one attached hydrogen (secondary N) is 1. The molecule has 2 aromatic rings. The van der Waals surface area contributed by atoms with E-state index in [1.165, 1.54) is 16.4 Å². The summed E-state index contributed by atoms with van der Waals surface area (Å²) >= 11 is 12.4. The predicted octanol–water partition coefficient (Wildman–Crippen LogP) is 4.46. The van der Waals surface area contributed by atoms with Crippen molar-refractivity contribution in [3.8, 4) is 0 Å². The summed E-state index contributed by atoms with van der Waals surface area (Å²) in [5.41, 5.74) is 0.591. The van der Waals surface area contributed by atoms with Crippen LogP contribution < -0.4 is 5.32 Å². The molecule has 2 aromatic carbocycles. The first-order valence-electron chi connectivity index (χ1n) is 10.3. The zero-order valence-corrected chi connectivity index (χ0v) is 19.3. The molecular formula is C22H24Cl2N2O4S. The maximum atomic E-state index is 13.4. The molecule has 2 fully saturated rings. The van der Waals surface area contributed by atoms with E-state index in [4.69, 9.17) is 27.9 Å². The monoisotopic (exact) mass is 482 g/mol. The van der Waals surface area contributed by atoms with E-state index in [0.717, 1.165) is 18.4 Å². The van der Waals surface area contributed by atoms with Crippen LogP contribution in [0.4, 0.5) is 5.69 Å². The van der Waals surface area contributed by atoms with Crippen LogP contribution in [-0.4, -0.2) is 44.9 Å². The van der Waals surface area contributed by atoms with Crippen LogP contribution in [0.5, 0.6) is 0 Å². The van der Waals surface area contributed by atoms with Gasteiger partial charge in [0.2, 0.25) is 15.9 Å². The number of carbonyl (C=O) groups is 1. The van der Waals surface area contributed by atoms with E-state index in [-0.39, 0.29) is 28.9 Å². The molecule has 6 nitrogen and oxygen atoms in total. The van der Waals surface area contributed by atoms with E-state index in [9.17, 15) is 13.2 Å². The average molecular weight is 483 g/mol. The topological polar surface area (TPSA) is 75.7 Å². The molecule has 9 heteroatoms. The highest BCUT2D eigenvalue weighted by Gasteiger charge is 2.43. The van der Waals surface area contributed by atoms with Crippen molar-refractivity contribution in [2.75, 3.05) is 31.6 Å². The minimum Gasteiger partial charge on any atom is -0.379 e. The van der Waals surface area contributed by atoms with Gasteiger partial charge in [0, 0.05) is 23.8 Å². The lowest BCUT2D eigenvalue weighted by molar-refractivity contribution is -0.121. The van der Waals surface area contributed by atoms with Gasteiger partial charge in [-0.3, -0.25) is 4.79 Å². The van der Waals surface area contributed by atoms with Crippen molar-refractivity contribution < 1.29 is 17.9 Å². The molecule has 1 amide bonds. The summed E-state index contributed by atoms with van der Waals surface area (Å²) in [4.78, 5) is 13.4. The Bertz CT molecular complexity index is 1080. The summed E-state index contributed by atoms with van der Waals surface area (Å²) in [6.45, 7) is 1.23. The number of rotatable bonds is 5. The number of halogens is 2. The highest BCUT2D eigenvalue weighted by molar-refractivity contribution is 7.89. The van der Waals surface area contributed by atoms with E-state index < -0.39 is 15.4 Å². The molecule has 2 aliphatic rings. The second kappa shape index (κ2) is 9.08. The second-order valence-electron chi connectivity index (χ2n) is 7.92. The van der Waals surface area contributed by atoms with Gasteiger partial charge in [0.25, 0.3) is 0 Å². The molecule has 4 rings (SSSR count). The number of amides is 1. The van der Waals surface area contributed by atoms with Gasteiger partial charge in [-0.2, -0.15) is 4.31 Å². The van der Waals surface area contributed by atoms with Gasteiger partial charge >= 0.3 is 0 Å². The molecule has 0 atom stereocenters. The van der Waals surface area contributed by atoms with E-state index in [0.29, 0.717) is 36.8 Å². The maximum Gasteiger partial charge on any atom is 0.244 e. The lowest BCUT2D eigenvalue weighted by atomic mass is 9.78.